The average Bonchev–Trinajstić information content (AvgIpc) is 2.41. The van der Waals surface area contributed by atoms with Crippen LogP contribution in [-0.2, 0) is 0 Å². The minimum atomic E-state index is -0.770. The van der Waals surface area contributed by atoms with Gasteiger partial charge in [0.05, 0.1) is 38.0 Å². The minimum absolute atomic E-state index is 0.113. The number of carbonyl (C=O) groups is 1. The lowest BCUT2D eigenvalue weighted by molar-refractivity contribution is -0.0668. The lowest BCUT2D eigenvalue weighted by Gasteiger charge is -2.44. The Labute approximate surface area is 118 Å². The van der Waals surface area contributed by atoms with E-state index < -0.39 is 5.60 Å². The van der Waals surface area contributed by atoms with Crippen LogP contribution in [0.4, 0.5) is 5.69 Å². The van der Waals surface area contributed by atoms with Crippen LogP contribution in [0, 0.1) is 12.3 Å². The number of amides is 1. The molecule has 1 fully saturated rings. The van der Waals surface area contributed by atoms with E-state index in [0.29, 0.717) is 30.9 Å². The summed E-state index contributed by atoms with van der Waals surface area (Å²) in [5.74, 6) is 2.94. The molecule has 1 aliphatic heterocycles. The van der Waals surface area contributed by atoms with E-state index in [2.05, 4.69) is 11.2 Å². The summed E-state index contributed by atoms with van der Waals surface area (Å²) >= 11 is 0. The number of methoxy groups -OCH3 is 1. The number of likely N-dealkylation sites (tertiary alicyclic amines) is 1. The smallest absolute Gasteiger partial charge is 0.254 e. The Morgan fingerprint density at radius 2 is 2.30 bits per heavy atom. The van der Waals surface area contributed by atoms with Crippen LogP contribution < -0.4 is 10.1 Å². The largest absolute Gasteiger partial charge is 0.495 e. The third kappa shape index (κ3) is 2.86. The quantitative estimate of drug-likeness (QED) is 0.802. The summed E-state index contributed by atoms with van der Waals surface area (Å²) in [5.41, 5.74) is 0.509. The molecule has 0 aliphatic carbocycles. The maximum atomic E-state index is 12.2. The van der Waals surface area contributed by atoms with Gasteiger partial charge in [-0.3, -0.25) is 4.79 Å². The van der Waals surface area contributed by atoms with Gasteiger partial charge in [-0.15, -0.1) is 6.42 Å². The van der Waals surface area contributed by atoms with Gasteiger partial charge in [-0.25, -0.2) is 0 Å². The first-order chi connectivity index (χ1) is 9.46. The van der Waals surface area contributed by atoms with Crippen molar-refractivity contribution in [3.63, 3.8) is 0 Å². The van der Waals surface area contributed by atoms with E-state index >= 15 is 0 Å². The van der Waals surface area contributed by atoms with E-state index in [0.717, 1.165) is 5.69 Å². The Bertz CT molecular complexity index is 553. The predicted molar refractivity (Wildman–Crippen MR) is 76.8 cm³/mol. The number of terminal acetylenes is 1. The van der Waals surface area contributed by atoms with E-state index in [9.17, 15) is 9.90 Å². The van der Waals surface area contributed by atoms with Crippen LogP contribution in [0.3, 0.4) is 0 Å². The molecule has 0 unspecified atom stereocenters. The van der Waals surface area contributed by atoms with Gasteiger partial charge in [0, 0.05) is 5.56 Å². The van der Waals surface area contributed by atoms with Crippen molar-refractivity contribution in [1.29, 1.82) is 0 Å². The number of β-amino-alcohol motifs (C(OH)–C–C–N with tert-alkyl or cyclic N) is 1. The van der Waals surface area contributed by atoms with Crippen molar-refractivity contribution in [2.75, 3.05) is 32.1 Å². The summed E-state index contributed by atoms with van der Waals surface area (Å²) in [6, 6.07) is 5.16. The molecule has 0 saturated carbocycles. The second kappa shape index (κ2) is 5.43. The van der Waals surface area contributed by atoms with Crippen molar-refractivity contribution in [1.82, 2.24) is 4.90 Å². The zero-order valence-corrected chi connectivity index (χ0v) is 11.6. The summed E-state index contributed by atoms with van der Waals surface area (Å²) in [6.07, 6.45) is 5.20. The number of hydrogen-bond donors (Lipinski definition) is 2. The first-order valence-electron chi connectivity index (χ1n) is 6.34. The van der Waals surface area contributed by atoms with Crippen molar-refractivity contribution in [2.24, 2.45) is 0 Å². The Kier molecular flexibility index (Phi) is 3.86. The number of benzene rings is 1. The molecule has 1 amide bonds. The summed E-state index contributed by atoms with van der Waals surface area (Å²) in [5, 5.41) is 12.7. The second-order valence-electron chi connectivity index (χ2n) is 5.13. The monoisotopic (exact) mass is 274 g/mol. The maximum absolute atomic E-state index is 12.2. The average molecular weight is 274 g/mol. The predicted octanol–water partition coefficient (Wildman–Crippen LogP) is 0.947. The van der Waals surface area contributed by atoms with Gasteiger partial charge in [0.2, 0.25) is 0 Å². The van der Waals surface area contributed by atoms with Crippen molar-refractivity contribution in [3.05, 3.63) is 23.8 Å². The molecule has 0 atom stereocenters. The number of nitrogens with zero attached hydrogens (tertiary/aromatic N) is 1. The lowest BCUT2D eigenvalue weighted by atomic mass is 9.96. The number of anilines is 1. The number of rotatable bonds is 4. The second-order valence-corrected chi connectivity index (χ2v) is 5.13. The van der Waals surface area contributed by atoms with Gasteiger partial charge in [-0.1, -0.05) is 5.92 Å². The molecular formula is C15H18N2O3. The standard InChI is InChI=1S/C15H18N2O3/c1-4-7-16-12-6-5-11(8-13(12)20-3)14(18)17-9-15(2,19)10-17/h1,5-6,8,16,19H,7,9-10H2,2-3H3. The first kappa shape index (κ1) is 14.2. The number of hydrogen-bond acceptors (Lipinski definition) is 4. The Morgan fingerprint density at radius 3 is 2.85 bits per heavy atom. The van der Waals surface area contributed by atoms with Gasteiger partial charge in [0.15, 0.2) is 0 Å². The van der Waals surface area contributed by atoms with Crippen LogP contribution in [0.1, 0.15) is 17.3 Å². The van der Waals surface area contributed by atoms with Crippen molar-refractivity contribution in [2.45, 2.75) is 12.5 Å². The lowest BCUT2D eigenvalue weighted by Crippen LogP contribution is -2.61. The normalized spacial score (nSPS) is 16.0. The van der Waals surface area contributed by atoms with Crippen molar-refractivity contribution in [3.8, 4) is 18.1 Å². The van der Waals surface area contributed by atoms with Gasteiger partial charge in [0.1, 0.15) is 5.75 Å². The van der Waals surface area contributed by atoms with E-state index in [1.54, 1.807) is 37.1 Å². The van der Waals surface area contributed by atoms with E-state index in [1.165, 1.54) is 0 Å². The Morgan fingerprint density at radius 1 is 1.60 bits per heavy atom. The summed E-state index contributed by atoms with van der Waals surface area (Å²) in [7, 11) is 1.54. The molecule has 2 N–H and O–H groups in total. The molecule has 0 bridgehead atoms. The SMILES string of the molecule is C#CCNc1ccc(C(=O)N2CC(C)(O)C2)cc1OC. The van der Waals surface area contributed by atoms with E-state index in [4.69, 9.17) is 11.2 Å². The summed E-state index contributed by atoms with van der Waals surface area (Å²) in [6.45, 7) is 2.80. The molecule has 5 nitrogen and oxygen atoms in total. The minimum Gasteiger partial charge on any atom is -0.495 e. The highest BCUT2D eigenvalue weighted by molar-refractivity contribution is 5.96. The molecule has 1 saturated heterocycles. The van der Waals surface area contributed by atoms with Gasteiger partial charge in [-0.05, 0) is 25.1 Å². The third-order valence-electron chi connectivity index (χ3n) is 3.18. The molecule has 0 aromatic heterocycles. The zero-order chi connectivity index (χ0) is 14.8. The zero-order valence-electron chi connectivity index (χ0n) is 11.6. The summed E-state index contributed by atoms with van der Waals surface area (Å²) < 4.78 is 5.25. The highest BCUT2D eigenvalue weighted by atomic mass is 16.5. The van der Waals surface area contributed by atoms with Crippen molar-refractivity contribution >= 4 is 11.6 Å². The molecule has 1 heterocycles. The van der Waals surface area contributed by atoms with Crippen LogP contribution in [0.15, 0.2) is 18.2 Å². The molecule has 0 radical (unpaired) electrons. The fourth-order valence-electron chi connectivity index (χ4n) is 2.22. The maximum Gasteiger partial charge on any atom is 0.254 e. The fraction of sp³-hybridized carbons (Fsp3) is 0.400. The van der Waals surface area contributed by atoms with Crippen molar-refractivity contribution < 1.29 is 14.6 Å². The van der Waals surface area contributed by atoms with Gasteiger partial charge in [0.25, 0.3) is 5.91 Å². The van der Waals surface area contributed by atoms with Gasteiger partial charge >= 0.3 is 0 Å². The van der Waals surface area contributed by atoms with Crippen LogP contribution >= 0.6 is 0 Å². The first-order valence-corrected chi connectivity index (χ1v) is 6.34. The molecule has 2 rings (SSSR count). The number of carbonyl (C=O) groups excluding carboxylic acids is 1. The molecule has 0 spiro atoms. The molecular weight excluding hydrogens is 256 g/mol. The van der Waals surface area contributed by atoms with Gasteiger partial charge < -0.3 is 20.1 Å². The molecule has 5 heteroatoms. The Balaban J connectivity index is 2.13. The molecule has 106 valence electrons. The molecule has 20 heavy (non-hydrogen) atoms. The highest BCUT2D eigenvalue weighted by Crippen LogP contribution is 2.28. The van der Waals surface area contributed by atoms with E-state index in [-0.39, 0.29) is 5.91 Å². The molecule has 1 aromatic carbocycles. The Hall–Kier alpha value is -2.19. The third-order valence-corrected chi connectivity index (χ3v) is 3.18. The highest BCUT2D eigenvalue weighted by Gasteiger charge is 2.39. The van der Waals surface area contributed by atoms with Crippen LogP contribution in [-0.4, -0.2) is 48.3 Å². The van der Waals surface area contributed by atoms with Crippen LogP contribution in [0.25, 0.3) is 0 Å². The summed E-state index contributed by atoms with van der Waals surface area (Å²) in [4.78, 5) is 13.8. The van der Waals surface area contributed by atoms with Crippen LogP contribution in [0.2, 0.25) is 0 Å². The number of nitrogens with one attached hydrogen (secondary N) is 1. The van der Waals surface area contributed by atoms with E-state index in [1.807, 2.05) is 0 Å². The van der Waals surface area contributed by atoms with Gasteiger partial charge in [-0.2, -0.15) is 0 Å². The van der Waals surface area contributed by atoms with Crippen LogP contribution in [0.5, 0.6) is 5.75 Å². The number of ether oxygens (including phenoxy) is 1. The molecule has 1 aromatic rings. The fourth-order valence-corrected chi connectivity index (χ4v) is 2.22. The molecule has 1 aliphatic rings. The number of aliphatic hydroxyl groups is 1. The topological polar surface area (TPSA) is 61.8 Å².